The molecule has 0 amide bonds. The van der Waals surface area contributed by atoms with Gasteiger partial charge in [0.2, 0.25) is 0 Å². The molecule has 0 bridgehead atoms. The smallest absolute Gasteiger partial charge is 0.276 e. The molecular formula is C16H17N3O4S. The molecule has 1 atom stereocenters. The second-order valence-electron chi connectivity index (χ2n) is 4.92. The van der Waals surface area contributed by atoms with Crippen LogP contribution in [0, 0.1) is 5.21 Å². The molecule has 2 aromatic rings. The predicted octanol–water partition coefficient (Wildman–Crippen LogP) is 1.46. The fourth-order valence-corrected chi connectivity index (χ4v) is 2.64. The Morgan fingerprint density at radius 2 is 1.79 bits per heavy atom. The number of sulfonamides is 1. The maximum Gasteiger partial charge on any atom is 0.276 e. The maximum absolute atomic E-state index is 12.1. The zero-order valence-electron chi connectivity index (χ0n) is 12.9. The third kappa shape index (κ3) is 5.00. The number of hydrazone groups is 1. The van der Waals surface area contributed by atoms with Gasteiger partial charge in [-0.25, -0.2) is 5.21 Å². The van der Waals surface area contributed by atoms with Crippen molar-refractivity contribution in [3.8, 4) is 0 Å². The number of nitrogens with zero attached hydrogens (tertiary/aromatic N) is 1. The van der Waals surface area contributed by atoms with Crippen molar-refractivity contribution in [3.05, 3.63) is 71.4 Å². The summed E-state index contributed by atoms with van der Waals surface area (Å²) in [5, 5.41) is 22.3. The van der Waals surface area contributed by atoms with Gasteiger partial charge in [-0.3, -0.25) is 0 Å². The Hall–Kier alpha value is -2.52. The quantitative estimate of drug-likeness (QED) is 0.543. The van der Waals surface area contributed by atoms with E-state index in [9.17, 15) is 13.6 Å². The Kier molecular flexibility index (Phi) is 5.83. The molecule has 0 aliphatic carbocycles. The van der Waals surface area contributed by atoms with Crippen molar-refractivity contribution < 1.29 is 18.9 Å². The van der Waals surface area contributed by atoms with E-state index in [1.165, 1.54) is 24.3 Å². The summed E-state index contributed by atoms with van der Waals surface area (Å²) in [6.07, 6.45) is 3.50. The van der Waals surface area contributed by atoms with Crippen LogP contribution >= 0.6 is 0 Å². The van der Waals surface area contributed by atoms with Gasteiger partial charge in [-0.15, -0.1) is 0 Å². The minimum atomic E-state index is -3.85. The Bertz CT molecular complexity index is 829. The summed E-state index contributed by atoms with van der Waals surface area (Å²) < 4.78 is 24.2. The molecule has 0 fully saturated rings. The molecule has 0 radical (unpaired) electrons. The van der Waals surface area contributed by atoms with Crippen molar-refractivity contribution in [2.45, 2.75) is 11.8 Å². The largest absolute Gasteiger partial charge is 0.595 e. The molecule has 2 aromatic carbocycles. The highest BCUT2D eigenvalue weighted by Gasteiger charge is 2.13. The van der Waals surface area contributed by atoms with E-state index in [-0.39, 0.29) is 10.6 Å². The summed E-state index contributed by atoms with van der Waals surface area (Å²) >= 11 is 0. The van der Waals surface area contributed by atoms with Gasteiger partial charge < -0.3 is 5.21 Å². The first kappa shape index (κ1) is 17.8. The Morgan fingerprint density at radius 1 is 1.17 bits per heavy atom. The van der Waals surface area contributed by atoms with E-state index in [0.717, 1.165) is 5.56 Å². The minimum Gasteiger partial charge on any atom is -0.595 e. The topological polar surface area (TPSA) is 106 Å². The number of quaternary nitrogens is 1. The van der Waals surface area contributed by atoms with Gasteiger partial charge in [-0.1, -0.05) is 36.4 Å². The van der Waals surface area contributed by atoms with E-state index < -0.39 is 15.2 Å². The maximum atomic E-state index is 12.1. The monoisotopic (exact) mass is 347 g/mol. The van der Waals surface area contributed by atoms with Gasteiger partial charge in [0.05, 0.1) is 10.6 Å². The second-order valence-corrected chi connectivity index (χ2v) is 6.58. The SMILES string of the molecule is CC(/C=C/c1ccccc1)=N/NS(=O)(=O)c1ccc([NH+]([O-])O)cc1. The van der Waals surface area contributed by atoms with Crippen LogP contribution in [0.25, 0.3) is 6.08 Å². The van der Waals surface area contributed by atoms with Gasteiger partial charge in [0.25, 0.3) is 10.0 Å². The van der Waals surface area contributed by atoms with Crippen molar-refractivity contribution in [1.29, 1.82) is 0 Å². The summed E-state index contributed by atoms with van der Waals surface area (Å²) in [4.78, 5) is 2.06. The minimum absolute atomic E-state index is 0.0134. The molecule has 0 saturated heterocycles. The number of nitrogens with one attached hydrogen (secondary N) is 2. The van der Waals surface area contributed by atoms with Gasteiger partial charge in [0.15, 0.2) is 5.69 Å². The summed E-state index contributed by atoms with van der Waals surface area (Å²) in [6, 6.07) is 14.4. The Labute approximate surface area is 140 Å². The van der Waals surface area contributed by atoms with Crippen LogP contribution in [0.3, 0.4) is 0 Å². The van der Waals surface area contributed by atoms with Crippen LogP contribution in [-0.2, 0) is 10.0 Å². The van der Waals surface area contributed by atoms with Crippen molar-refractivity contribution in [1.82, 2.24) is 4.83 Å². The van der Waals surface area contributed by atoms with Crippen LogP contribution in [-0.4, -0.2) is 19.3 Å². The Morgan fingerprint density at radius 3 is 2.38 bits per heavy atom. The number of hydrogen-bond donors (Lipinski definition) is 3. The van der Waals surface area contributed by atoms with Crippen molar-refractivity contribution in [2.24, 2.45) is 5.10 Å². The molecule has 126 valence electrons. The van der Waals surface area contributed by atoms with Crippen molar-refractivity contribution in [3.63, 3.8) is 0 Å². The molecule has 0 aliphatic heterocycles. The molecule has 0 aliphatic rings. The molecule has 7 nitrogen and oxygen atoms in total. The van der Waals surface area contributed by atoms with Gasteiger partial charge in [0, 0.05) is 12.1 Å². The molecule has 2 rings (SSSR count). The Balaban J connectivity index is 2.07. The zero-order chi connectivity index (χ0) is 17.6. The van der Waals surface area contributed by atoms with Gasteiger partial charge >= 0.3 is 0 Å². The first-order valence-corrected chi connectivity index (χ1v) is 8.49. The predicted molar refractivity (Wildman–Crippen MR) is 91.1 cm³/mol. The fraction of sp³-hybridized carbons (Fsp3) is 0.0625. The van der Waals surface area contributed by atoms with E-state index in [4.69, 9.17) is 5.21 Å². The van der Waals surface area contributed by atoms with Crippen LogP contribution in [0.4, 0.5) is 5.69 Å². The lowest BCUT2D eigenvalue weighted by Gasteiger charge is -2.11. The summed E-state index contributed by atoms with van der Waals surface area (Å²) in [5.41, 5.74) is 1.46. The molecule has 1 unspecified atom stereocenters. The number of benzene rings is 2. The average Bonchev–Trinajstić information content (AvgIpc) is 2.59. The van der Waals surface area contributed by atoms with Gasteiger partial charge in [-0.2, -0.15) is 23.6 Å². The third-order valence-electron chi connectivity index (χ3n) is 3.07. The molecular weight excluding hydrogens is 330 g/mol. The molecule has 3 N–H and O–H groups in total. The number of allylic oxidation sites excluding steroid dienone is 1. The fourth-order valence-electron chi connectivity index (χ4n) is 1.78. The zero-order valence-corrected chi connectivity index (χ0v) is 13.7. The van der Waals surface area contributed by atoms with E-state index in [2.05, 4.69) is 9.93 Å². The van der Waals surface area contributed by atoms with E-state index >= 15 is 0 Å². The van der Waals surface area contributed by atoms with E-state index in [0.29, 0.717) is 5.71 Å². The number of hydrogen-bond acceptors (Lipinski definition) is 5. The van der Waals surface area contributed by atoms with E-state index in [1.54, 1.807) is 13.0 Å². The average molecular weight is 347 g/mol. The molecule has 24 heavy (non-hydrogen) atoms. The van der Waals surface area contributed by atoms with Crippen LogP contribution < -0.4 is 10.1 Å². The highest BCUT2D eigenvalue weighted by Crippen LogP contribution is 2.11. The van der Waals surface area contributed by atoms with Crippen LogP contribution in [0.15, 0.2) is 70.7 Å². The standard InChI is InChI=1S/C16H17N3O4S/c1-13(7-8-14-5-3-2-4-6-14)17-18-24(22,23)16-11-9-15(10-12-16)19(20)21/h2-12,18-20H,1H3/b8-7+,17-13-. The van der Waals surface area contributed by atoms with Crippen molar-refractivity contribution >= 4 is 27.5 Å². The lowest BCUT2D eigenvalue weighted by atomic mass is 10.2. The lowest BCUT2D eigenvalue weighted by molar-refractivity contribution is -0.991. The van der Waals surface area contributed by atoms with E-state index in [1.807, 2.05) is 36.4 Å². The molecule has 0 heterocycles. The van der Waals surface area contributed by atoms with Gasteiger partial charge in [0.1, 0.15) is 0 Å². The third-order valence-corrected chi connectivity index (χ3v) is 4.29. The summed E-state index contributed by atoms with van der Waals surface area (Å²) in [7, 11) is -3.85. The summed E-state index contributed by atoms with van der Waals surface area (Å²) in [6.45, 7) is 1.66. The summed E-state index contributed by atoms with van der Waals surface area (Å²) in [5.74, 6) is 0. The molecule has 0 aromatic heterocycles. The normalized spacial score (nSPS) is 13.9. The highest BCUT2D eigenvalue weighted by atomic mass is 32.2. The first-order valence-electron chi connectivity index (χ1n) is 7.01. The molecule has 0 spiro atoms. The first-order chi connectivity index (χ1) is 11.4. The molecule has 0 saturated carbocycles. The second kappa shape index (κ2) is 7.84. The highest BCUT2D eigenvalue weighted by molar-refractivity contribution is 7.89. The van der Waals surface area contributed by atoms with Gasteiger partial charge in [-0.05, 0) is 30.7 Å². The number of rotatable bonds is 6. The van der Waals surface area contributed by atoms with Crippen LogP contribution in [0.2, 0.25) is 0 Å². The lowest BCUT2D eigenvalue weighted by Crippen LogP contribution is -2.99. The molecule has 8 heteroatoms. The van der Waals surface area contributed by atoms with Crippen LogP contribution in [0.1, 0.15) is 12.5 Å². The van der Waals surface area contributed by atoms with Crippen molar-refractivity contribution in [2.75, 3.05) is 0 Å². The van der Waals surface area contributed by atoms with Crippen LogP contribution in [0.5, 0.6) is 0 Å².